The van der Waals surface area contributed by atoms with Gasteiger partial charge in [0.2, 0.25) is 0 Å². The Morgan fingerprint density at radius 1 is 1.00 bits per heavy atom. The van der Waals surface area contributed by atoms with E-state index in [-0.39, 0.29) is 58.8 Å². The van der Waals surface area contributed by atoms with Crippen LogP contribution in [0.2, 0.25) is 0 Å². The van der Waals surface area contributed by atoms with E-state index in [2.05, 4.69) is 40.2 Å². The third kappa shape index (κ3) is 8.20. The molecule has 3 fully saturated rings. The molecule has 0 heterocycles. The molecule has 4 nitrogen and oxygen atoms in total. The number of ketones is 3. The number of carbonyl (C=O) groups is 3. The molecule has 3 saturated carbocycles. The smallest absolute Gasteiger partial charge is 0.158 e. The minimum Gasteiger partial charge on any atom is -0.492 e. The fourth-order valence-corrected chi connectivity index (χ4v) is 7.94. The summed E-state index contributed by atoms with van der Waals surface area (Å²) >= 11 is 0. The maximum atomic E-state index is 14.5. The highest BCUT2D eigenvalue weighted by Crippen LogP contribution is 2.71. The van der Waals surface area contributed by atoms with Crippen molar-refractivity contribution in [2.45, 2.75) is 117 Å². The summed E-state index contributed by atoms with van der Waals surface area (Å²) in [5.41, 5.74) is 0.146. The molecule has 6 atom stereocenters. The van der Waals surface area contributed by atoms with Crippen molar-refractivity contribution in [3.8, 4) is 0 Å². The molecule has 0 aliphatic heterocycles. The average molecular weight is 565 g/mol. The number of hydrogen-bond acceptors (Lipinski definition) is 4. The highest BCUT2D eigenvalue weighted by Gasteiger charge is 2.69. The van der Waals surface area contributed by atoms with Crippen LogP contribution in [-0.2, 0) is 19.1 Å². The molecule has 228 valence electrons. The monoisotopic (exact) mass is 564 g/mol. The van der Waals surface area contributed by atoms with Crippen LogP contribution in [0.25, 0.3) is 0 Å². The predicted octanol–water partition coefficient (Wildman–Crippen LogP) is 9.01. The fraction of sp³-hybridized carbons (Fsp3) is 0.703. The molecule has 0 bridgehead atoms. The predicted molar refractivity (Wildman–Crippen MR) is 168 cm³/mol. The molecular weight excluding hydrogens is 508 g/mol. The lowest BCUT2D eigenvalue weighted by Crippen LogP contribution is -2.38. The second-order valence-electron chi connectivity index (χ2n) is 14.7. The van der Waals surface area contributed by atoms with E-state index in [0.29, 0.717) is 48.9 Å². The molecule has 0 saturated heterocycles. The van der Waals surface area contributed by atoms with Crippen LogP contribution in [0.15, 0.2) is 49.8 Å². The van der Waals surface area contributed by atoms with Crippen LogP contribution in [0.5, 0.6) is 0 Å². The van der Waals surface area contributed by atoms with E-state index in [1.807, 2.05) is 26.8 Å². The quantitative estimate of drug-likeness (QED) is 0.100. The lowest BCUT2D eigenvalue weighted by Gasteiger charge is -2.34. The average Bonchev–Trinajstić information content (AvgIpc) is 3.23. The molecule has 0 spiro atoms. The molecule has 0 aromatic heterocycles. The van der Waals surface area contributed by atoms with Crippen molar-refractivity contribution in [3.05, 3.63) is 49.8 Å². The van der Waals surface area contributed by atoms with E-state index >= 15 is 0 Å². The lowest BCUT2D eigenvalue weighted by molar-refractivity contribution is -0.136. The first-order valence-electron chi connectivity index (χ1n) is 16.1. The topological polar surface area (TPSA) is 60.4 Å². The zero-order valence-corrected chi connectivity index (χ0v) is 26.6. The van der Waals surface area contributed by atoms with E-state index in [4.69, 9.17) is 4.74 Å². The number of fused-ring (bicyclic) bond motifs is 1. The SMILES string of the molecule is C=CCCC(=O)C(=C)C(CCC=C)CC(=O)C1C(C(=O)[C@H](CC2CCCCC2)C(=C)OC(C)(C)C)CC2C1C2(C)C. The summed E-state index contributed by atoms with van der Waals surface area (Å²) in [7, 11) is 0. The molecule has 5 unspecified atom stereocenters. The molecule has 3 aliphatic carbocycles. The molecule has 0 radical (unpaired) electrons. The molecule has 0 amide bonds. The zero-order valence-electron chi connectivity index (χ0n) is 26.6. The molecular formula is C37H56O4. The van der Waals surface area contributed by atoms with Crippen molar-refractivity contribution >= 4 is 17.3 Å². The van der Waals surface area contributed by atoms with Gasteiger partial charge in [0.05, 0.1) is 5.92 Å². The summed E-state index contributed by atoms with van der Waals surface area (Å²) in [4.78, 5) is 41.5. The van der Waals surface area contributed by atoms with Crippen LogP contribution >= 0.6 is 0 Å². The van der Waals surface area contributed by atoms with Crippen LogP contribution in [0.4, 0.5) is 0 Å². The van der Waals surface area contributed by atoms with E-state index < -0.39 is 5.60 Å². The van der Waals surface area contributed by atoms with Crippen molar-refractivity contribution in [1.29, 1.82) is 0 Å². The number of Topliss-reactive ketones (excluding diaryl/α,β-unsaturated/α-hetero) is 3. The molecule has 0 aromatic rings. The Morgan fingerprint density at radius 3 is 2.22 bits per heavy atom. The number of allylic oxidation sites excluding steroid dienone is 4. The molecule has 0 N–H and O–H groups in total. The number of hydrogen-bond donors (Lipinski definition) is 0. The van der Waals surface area contributed by atoms with Crippen molar-refractivity contribution < 1.29 is 19.1 Å². The number of ether oxygens (including phenoxy) is 1. The zero-order chi connectivity index (χ0) is 30.5. The summed E-state index contributed by atoms with van der Waals surface area (Å²) in [6.07, 6.45) is 13.7. The Bertz CT molecular complexity index is 1020. The first kappa shape index (κ1) is 33.3. The van der Waals surface area contributed by atoms with E-state index in [9.17, 15) is 14.4 Å². The minimum atomic E-state index is -0.436. The third-order valence-electron chi connectivity index (χ3n) is 10.3. The highest BCUT2D eigenvalue weighted by molar-refractivity contribution is 5.97. The summed E-state index contributed by atoms with van der Waals surface area (Å²) < 4.78 is 6.23. The summed E-state index contributed by atoms with van der Waals surface area (Å²) in [5.74, 6) is 0.654. The molecule has 3 aliphatic rings. The first-order valence-corrected chi connectivity index (χ1v) is 16.1. The lowest BCUT2D eigenvalue weighted by atomic mass is 9.71. The van der Waals surface area contributed by atoms with Gasteiger partial charge in [-0.3, -0.25) is 14.4 Å². The Balaban J connectivity index is 1.85. The van der Waals surface area contributed by atoms with Crippen molar-refractivity contribution in [3.63, 3.8) is 0 Å². The summed E-state index contributed by atoms with van der Waals surface area (Å²) in [6.45, 7) is 26.4. The van der Waals surface area contributed by atoms with Gasteiger partial charge in [-0.1, -0.05) is 71.3 Å². The standard InChI is InChI=1S/C37H56O4/c1-10-12-19-27(24(3)31(38)20-13-11-2)22-32(39)33-29(23-30-34(33)37(30,8)9)35(40)28(25(4)41-36(5,6)7)21-26-17-15-14-16-18-26/h10-11,26-30,33-34H,1-4,12-23H2,5-9H3/t27?,28-,29?,30?,33?,34?/m1/s1. The maximum absolute atomic E-state index is 14.5. The van der Waals surface area contributed by atoms with Gasteiger partial charge in [0.15, 0.2) is 5.78 Å². The Hall–Kier alpha value is -2.23. The summed E-state index contributed by atoms with van der Waals surface area (Å²) in [5, 5.41) is 0. The molecule has 0 aromatic carbocycles. The van der Waals surface area contributed by atoms with Crippen molar-refractivity contribution in [2.75, 3.05) is 0 Å². The Kier molecular flexibility index (Phi) is 11.2. The van der Waals surface area contributed by atoms with Gasteiger partial charge in [0, 0.05) is 24.7 Å². The van der Waals surface area contributed by atoms with Gasteiger partial charge < -0.3 is 4.74 Å². The van der Waals surface area contributed by atoms with Crippen molar-refractivity contribution in [1.82, 2.24) is 0 Å². The normalized spacial score (nSPS) is 26.8. The van der Waals surface area contributed by atoms with Gasteiger partial charge in [0.1, 0.15) is 22.9 Å². The van der Waals surface area contributed by atoms with Crippen LogP contribution in [0, 0.1) is 46.8 Å². The first-order chi connectivity index (χ1) is 19.2. The van der Waals surface area contributed by atoms with Gasteiger partial charge in [-0.2, -0.15) is 0 Å². The Morgan fingerprint density at radius 2 is 1.63 bits per heavy atom. The maximum Gasteiger partial charge on any atom is 0.158 e. The van der Waals surface area contributed by atoms with Crippen molar-refractivity contribution in [2.24, 2.45) is 46.8 Å². The van der Waals surface area contributed by atoms with Gasteiger partial charge in [-0.25, -0.2) is 0 Å². The molecule has 4 heteroatoms. The van der Waals surface area contributed by atoms with E-state index in [1.54, 1.807) is 6.08 Å². The minimum absolute atomic E-state index is 0.00128. The van der Waals surface area contributed by atoms with E-state index in [0.717, 1.165) is 25.7 Å². The molecule has 3 rings (SSSR count). The van der Waals surface area contributed by atoms with Crippen LogP contribution in [-0.4, -0.2) is 23.0 Å². The van der Waals surface area contributed by atoms with Gasteiger partial charge >= 0.3 is 0 Å². The van der Waals surface area contributed by atoms with Crippen LogP contribution < -0.4 is 0 Å². The number of rotatable bonds is 17. The van der Waals surface area contributed by atoms with E-state index in [1.165, 1.54) is 19.3 Å². The second kappa shape index (κ2) is 13.8. The third-order valence-corrected chi connectivity index (χ3v) is 10.3. The highest BCUT2D eigenvalue weighted by atomic mass is 16.5. The molecule has 41 heavy (non-hydrogen) atoms. The second-order valence-corrected chi connectivity index (χ2v) is 14.7. The van der Waals surface area contributed by atoms with Gasteiger partial charge in [-0.15, -0.1) is 13.2 Å². The number of carbonyl (C=O) groups excluding carboxylic acids is 3. The summed E-state index contributed by atoms with van der Waals surface area (Å²) in [6, 6.07) is 0. The van der Waals surface area contributed by atoms with Gasteiger partial charge in [-0.05, 0) is 87.5 Å². The fourth-order valence-electron chi connectivity index (χ4n) is 7.94. The largest absolute Gasteiger partial charge is 0.492 e. The van der Waals surface area contributed by atoms with Crippen LogP contribution in [0.1, 0.15) is 112 Å². The van der Waals surface area contributed by atoms with Crippen LogP contribution in [0.3, 0.4) is 0 Å². The van der Waals surface area contributed by atoms with Gasteiger partial charge in [0.25, 0.3) is 0 Å². The Labute approximate surface area is 250 Å².